The monoisotopic (exact) mass is 145 g/mol. The van der Waals surface area contributed by atoms with Crippen molar-refractivity contribution in [1.82, 2.24) is 0 Å². The molecule has 0 saturated carbocycles. The molecule has 62 valence electrons. The molecule has 0 aromatic carbocycles. The maximum absolute atomic E-state index is 9.73. The van der Waals surface area contributed by atoms with Crippen LogP contribution in [-0.4, -0.2) is 16.2 Å². The van der Waals surface area contributed by atoms with Crippen LogP contribution >= 0.6 is 0 Å². The zero-order valence-corrected chi connectivity index (χ0v) is 7.44. The number of aliphatic hydroxyl groups is 1. The molecule has 0 aromatic heterocycles. The van der Waals surface area contributed by atoms with Gasteiger partial charge in [0.05, 0.1) is 5.60 Å². The predicted octanol–water partition coefficient (Wildman–Crippen LogP) is 1.27. The second kappa shape index (κ2) is 2.89. The van der Waals surface area contributed by atoms with E-state index in [1.165, 1.54) is 0 Å². The number of rotatable bonds is 3. The van der Waals surface area contributed by atoms with Crippen molar-refractivity contribution in [2.24, 2.45) is 5.73 Å². The van der Waals surface area contributed by atoms with E-state index in [9.17, 15) is 5.11 Å². The van der Waals surface area contributed by atoms with Crippen molar-refractivity contribution in [2.45, 2.75) is 51.7 Å². The first-order chi connectivity index (χ1) is 4.37. The Morgan fingerprint density at radius 1 is 1.20 bits per heavy atom. The Morgan fingerprint density at radius 3 is 1.70 bits per heavy atom. The molecular weight excluding hydrogens is 126 g/mol. The summed E-state index contributed by atoms with van der Waals surface area (Å²) < 4.78 is 0. The third-order valence-electron chi connectivity index (χ3n) is 2.65. The van der Waals surface area contributed by atoms with E-state index in [0.717, 1.165) is 6.42 Å². The molecule has 0 aliphatic carbocycles. The van der Waals surface area contributed by atoms with Crippen LogP contribution in [0, 0.1) is 0 Å². The van der Waals surface area contributed by atoms with Gasteiger partial charge in [-0.3, -0.25) is 0 Å². The first-order valence-corrected chi connectivity index (χ1v) is 3.88. The highest BCUT2D eigenvalue weighted by Crippen LogP contribution is 2.25. The molecule has 0 saturated heterocycles. The van der Waals surface area contributed by atoms with Crippen LogP contribution in [0.1, 0.15) is 40.5 Å². The van der Waals surface area contributed by atoms with Crippen LogP contribution in [0.3, 0.4) is 0 Å². The molecule has 0 amide bonds. The Bertz CT molecular complexity index is 93.8. The van der Waals surface area contributed by atoms with Gasteiger partial charge >= 0.3 is 0 Å². The molecule has 0 fully saturated rings. The first kappa shape index (κ1) is 9.92. The fraction of sp³-hybridized carbons (Fsp3) is 1.00. The van der Waals surface area contributed by atoms with Gasteiger partial charge in [0.2, 0.25) is 0 Å². The minimum Gasteiger partial charge on any atom is -0.388 e. The summed E-state index contributed by atoms with van der Waals surface area (Å²) in [6.45, 7) is 7.61. The summed E-state index contributed by atoms with van der Waals surface area (Å²) in [5, 5.41) is 9.73. The lowest BCUT2D eigenvalue weighted by molar-refractivity contribution is -0.0167. The van der Waals surface area contributed by atoms with Gasteiger partial charge in [0.15, 0.2) is 0 Å². The normalized spacial score (nSPS) is 23.4. The predicted molar refractivity (Wildman–Crippen MR) is 43.8 cm³/mol. The molecule has 3 N–H and O–H groups in total. The van der Waals surface area contributed by atoms with Crippen LogP contribution in [-0.2, 0) is 0 Å². The summed E-state index contributed by atoms with van der Waals surface area (Å²) in [6.07, 6.45) is 1.50. The van der Waals surface area contributed by atoms with E-state index in [0.29, 0.717) is 6.42 Å². The number of hydrogen-bond acceptors (Lipinski definition) is 2. The first-order valence-electron chi connectivity index (χ1n) is 3.88. The van der Waals surface area contributed by atoms with Gasteiger partial charge in [0.25, 0.3) is 0 Å². The molecule has 0 rings (SSSR count). The lowest BCUT2D eigenvalue weighted by atomic mass is 9.80. The fourth-order valence-electron chi connectivity index (χ4n) is 0.785. The van der Waals surface area contributed by atoms with Crippen LogP contribution in [0.15, 0.2) is 0 Å². The van der Waals surface area contributed by atoms with Crippen molar-refractivity contribution >= 4 is 0 Å². The highest BCUT2D eigenvalue weighted by atomic mass is 16.3. The molecule has 2 unspecified atom stereocenters. The largest absolute Gasteiger partial charge is 0.388 e. The van der Waals surface area contributed by atoms with Gasteiger partial charge < -0.3 is 10.8 Å². The smallest absolute Gasteiger partial charge is 0.0792 e. The molecular formula is C8H19NO. The van der Waals surface area contributed by atoms with Gasteiger partial charge in [-0.15, -0.1) is 0 Å². The molecule has 0 aliphatic heterocycles. The van der Waals surface area contributed by atoms with E-state index in [2.05, 4.69) is 0 Å². The Kier molecular flexibility index (Phi) is 2.86. The summed E-state index contributed by atoms with van der Waals surface area (Å²) in [4.78, 5) is 0. The van der Waals surface area contributed by atoms with Crippen LogP contribution in [0.5, 0.6) is 0 Å². The van der Waals surface area contributed by atoms with Gasteiger partial charge in [-0.1, -0.05) is 13.8 Å². The molecule has 0 radical (unpaired) electrons. The van der Waals surface area contributed by atoms with E-state index >= 15 is 0 Å². The second-order valence-corrected chi connectivity index (χ2v) is 3.40. The average Bonchev–Trinajstić information content (AvgIpc) is 1.88. The number of hydrogen-bond donors (Lipinski definition) is 2. The Hall–Kier alpha value is -0.0800. The summed E-state index contributed by atoms with van der Waals surface area (Å²) in [7, 11) is 0. The third kappa shape index (κ3) is 1.70. The van der Waals surface area contributed by atoms with E-state index in [1.807, 2.05) is 20.8 Å². The molecule has 10 heavy (non-hydrogen) atoms. The Morgan fingerprint density at radius 2 is 1.60 bits per heavy atom. The standard InChI is InChI=1S/C8H19NO/c1-5-7(3,9)8(4,10)6-2/h10H,5-6,9H2,1-4H3. The van der Waals surface area contributed by atoms with Crippen molar-refractivity contribution < 1.29 is 5.11 Å². The highest BCUT2D eigenvalue weighted by molar-refractivity contribution is 4.95. The minimum atomic E-state index is -0.734. The third-order valence-corrected chi connectivity index (χ3v) is 2.65. The van der Waals surface area contributed by atoms with E-state index in [1.54, 1.807) is 6.92 Å². The highest BCUT2D eigenvalue weighted by Gasteiger charge is 2.36. The molecule has 2 heteroatoms. The van der Waals surface area contributed by atoms with Crippen molar-refractivity contribution in [2.75, 3.05) is 0 Å². The quantitative estimate of drug-likeness (QED) is 0.628. The van der Waals surface area contributed by atoms with Crippen LogP contribution in [0.4, 0.5) is 0 Å². The second-order valence-electron chi connectivity index (χ2n) is 3.40. The topological polar surface area (TPSA) is 46.2 Å². The molecule has 0 aliphatic rings. The summed E-state index contributed by atoms with van der Waals surface area (Å²) in [5.41, 5.74) is 4.66. The summed E-state index contributed by atoms with van der Waals surface area (Å²) in [6, 6.07) is 0. The molecule has 0 spiro atoms. The van der Waals surface area contributed by atoms with Gasteiger partial charge in [-0.25, -0.2) is 0 Å². The fourth-order valence-corrected chi connectivity index (χ4v) is 0.785. The molecule has 2 atom stereocenters. The van der Waals surface area contributed by atoms with E-state index in [-0.39, 0.29) is 0 Å². The van der Waals surface area contributed by atoms with Gasteiger partial charge in [-0.05, 0) is 26.7 Å². The maximum atomic E-state index is 9.73. The van der Waals surface area contributed by atoms with Crippen molar-refractivity contribution in [3.05, 3.63) is 0 Å². The Labute approximate surface area is 63.4 Å². The lowest BCUT2D eigenvalue weighted by Crippen LogP contribution is -2.55. The molecule has 0 heterocycles. The van der Waals surface area contributed by atoms with Crippen molar-refractivity contribution in [1.29, 1.82) is 0 Å². The molecule has 2 nitrogen and oxygen atoms in total. The zero-order valence-electron chi connectivity index (χ0n) is 7.44. The van der Waals surface area contributed by atoms with Crippen molar-refractivity contribution in [3.8, 4) is 0 Å². The van der Waals surface area contributed by atoms with Gasteiger partial charge in [-0.2, -0.15) is 0 Å². The minimum absolute atomic E-state index is 0.457. The number of nitrogens with two attached hydrogens (primary N) is 1. The average molecular weight is 145 g/mol. The zero-order chi connectivity index (χ0) is 8.41. The van der Waals surface area contributed by atoms with Gasteiger partial charge in [0.1, 0.15) is 0 Å². The van der Waals surface area contributed by atoms with Crippen molar-refractivity contribution in [3.63, 3.8) is 0 Å². The van der Waals surface area contributed by atoms with E-state index < -0.39 is 11.1 Å². The maximum Gasteiger partial charge on any atom is 0.0792 e. The lowest BCUT2D eigenvalue weighted by Gasteiger charge is -2.38. The SMILES string of the molecule is CCC(C)(N)C(C)(O)CC. The van der Waals surface area contributed by atoms with Crippen LogP contribution in [0.25, 0.3) is 0 Å². The van der Waals surface area contributed by atoms with E-state index in [4.69, 9.17) is 5.73 Å². The van der Waals surface area contributed by atoms with Crippen LogP contribution in [0.2, 0.25) is 0 Å². The van der Waals surface area contributed by atoms with Gasteiger partial charge in [0, 0.05) is 5.54 Å². The summed E-state index contributed by atoms with van der Waals surface area (Å²) >= 11 is 0. The van der Waals surface area contributed by atoms with Crippen LogP contribution < -0.4 is 5.73 Å². The summed E-state index contributed by atoms with van der Waals surface area (Å²) in [5.74, 6) is 0. The molecule has 0 aromatic rings. The molecule has 0 bridgehead atoms. The Balaban J connectivity index is 4.28.